The maximum atomic E-state index is 12.8. The molecule has 0 saturated carbocycles. The quantitative estimate of drug-likeness (QED) is 0.750. The standard InChI is InChI=1S/C21H26N4O3/c26-18-4-3-17(19(27)23-18)25-11-15-9-14(1-2-16(15)20(25)28)10-24-12-21(13-24)5-7-22-8-6-21/h1-2,9,17,22H,3-8,10-13H2,(H,23,26,27). The van der Waals surface area contributed by atoms with Crippen LogP contribution in [0.4, 0.5) is 0 Å². The minimum absolute atomic E-state index is 0.103. The van der Waals surface area contributed by atoms with Crippen LogP contribution in [0.3, 0.4) is 0 Å². The summed E-state index contributed by atoms with van der Waals surface area (Å²) < 4.78 is 0. The Kier molecular flexibility index (Phi) is 4.25. The molecule has 1 aromatic rings. The van der Waals surface area contributed by atoms with Gasteiger partial charge >= 0.3 is 0 Å². The molecular formula is C21H26N4O3. The third-order valence-electron chi connectivity index (χ3n) is 6.78. The van der Waals surface area contributed by atoms with Crippen molar-refractivity contribution in [1.29, 1.82) is 0 Å². The van der Waals surface area contributed by atoms with Gasteiger partial charge in [-0.15, -0.1) is 0 Å². The van der Waals surface area contributed by atoms with E-state index in [2.05, 4.69) is 21.6 Å². The molecule has 0 bridgehead atoms. The molecule has 3 amide bonds. The SMILES string of the molecule is O=C1CCC(N2Cc3cc(CN4CC5(CCNCC5)C4)ccc3C2=O)C(=O)N1. The minimum Gasteiger partial charge on any atom is -0.322 e. The fraction of sp³-hybridized carbons (Fsp3) is 0.571. The second-order valence-electron chi connectivity index (χ2n) is 8.79. The lowest BCUT2D eigenvalue weighted by Crippen LogP contribution is -2.59. The number of hydrogen-bond donors (Lipinski definition) is 2. The predicted octanol–water partition coefficient (Wildman–Crippen LogP) is 0.633. The molecule has 0 aliphatic carbocycles. The topological polar surface area (TPSA) is 81.8 Å². The highest BCUT2D eigenvalue weighted by Gasteiger charge is 2.43. The van der Waals surface area contributed by atoms with Crippen LogP contribution in [0.25, 0.3) is 0 Å². The lowest BCUT2D eigenvalue weighted by atomic mass is 9.72. The van der Waals surface area contributed by atoms with Crippen molar-refractivity contribution in [3.63, 3.8) is 0 Å². The van der Waals surface area contributed by atoms with Crippen LogP contribution in [0.2, 0.25) is 0 Å². The number of hydrogen-bond acceptors (Lipinski definition) is 5. The number of nitrogens with zero attached hydrogens (tertiary/aromatic N) is 2. The number of piperidine rings is 2. The number of carbonyl (C=O) groups excluding carboxylic acids is 3. The van der Waals surface area contributed by atoms with Crippen LogP contribution in [0, 0.1) is 5.41 Å². The normalized spacial score (nSPS) is 26.9. The number of benzene rings is 1. The van der Waals surface area contributed by atoms with E-state index in [1.807, 2.05) is 12.1 Å². The molecule has 2 N–H and O–H groups in total. The molecule has 4 heterocycles. The fourth-order valence-corrected chi connectivity index (χ4v) is 5.27. The van der Waals surface area contributed by atoms with Crippen molar-refractivity contribution in [2.45, 2.75) is 44.8 Å². The molecule has 148 valence electrons. The van der Waals surface area contributed by atoms with Gasteiger partial charge in [-0.05, 0) is 55.0 Å². The van der Waals surface area contributed by atoms with Crippen molar-refractivity contribution in [3.05, 3.63) is 34.9 Å². The number of likely N-dealkylation sites (tertiary alicyclic amines) is 1. The summed E-state index contributed by atoms with van der Waals surface area (Å²) in [6, 6.07) is 5.51. The smallest absolute Gasteiger partial charge is 0.255 e. The highest BCUT2D eigenvalue weighted by atomic mass is 16.2. The van der Waals surface area contributed by atoms with Gasteiger partial charge in [0.1, 0.15) is 6.04 Å². The maximum Gasteiger partial charge on any atom is 0.255 e. The Labute approximate surface area is 164 Å². The van der Waals surface area contributed by atoms with E-state index < -0.39 is 6.04 Å². The molecule has 0 radical (unpaired) electrons. The van der Waals surface area contributed by atoms with Gasteiger partial charge in [0, 0.05) is 38.2 Å². The first-order chi connectivity index (χ1) is 13.5. The van der Waals surface area contributed by atoms with Gasteiger partial charge in [-0.25, -0.2) is 0 Å². The molecule has 7 heteroatoms. The second-order valence-corrected chi connectivity index (χ2v) is 8.79. The van der Waals surface area contributed by atoms with E-state index in [4.69, 9.17) is 0 Å². The molecule has 1 unspecified atom stereocenters. The summed E-state index contributed by atoms with van der Waals surface area (Å²) in [5.41, 5.74) is 3.41. The average molecular weight is 382 g/mol. The summed E-state index contributed by atoms with van der Waals surface area (Å²) in [6.45, 7) is 5.94. The molecule has 3 saturated heterocycles. The molecule has 7 nitrogen and oxygen atoms in total. The largest absolute Gasteiger partial charge is 0.322 e. The van der Waals surface area contributed by atoms with E-state index in [0.29, 0.717) is 23.9 Å². The van der Waals surface area contributed by atoms with E-state index >= 15 is 0 Å². The van der Waals surface area contributed by atoms with Crippen molar-refractivity contribution < 1.29 is 14.4 Å². The number of carbonyl (C=O) groups is 3. The van der Waals surface area contributed by atoms with Gasteiger partial charge in [0.25, 0.3) is 5.91 Å². The molecule has 4 aliphatic heterocycles. The molecule has 5 rings (SSSR count). The Morgan fingerprint density at radius 3 is 2.64 bits per heavy atom. The van der Waals surface area contributed by atoms with E-state index in [1.54, 1.807) is 4.90 Å². The zero-order valence-corrected chi connectivity index (χ0v) is 16.0. The minimum atomic E-state index is -0.545. The van der Waals surface area contributed by atoms with Crippen LogP contribution in [-0.4, -0.2) is 59.7 Å². The molecule has 28 heavy (non-hydrogen) atoms. The van der Waals surface area contributed by atoms with Crippen molar-refractivity contribution in [2.75, 3.05) is 26.2 Å². The van der Waals surface area contributed by atoms with Crippen molar-refractivity contribution in [1.82, 2.24) is 20.4 Å². The van der Waals surface area contributed by atoms with Crippen LogP contribution in [0.1, 0.15) is 47.2 Å². The fourth-order valence-electron chi connectivity index (χ4n) is 5.27. The van der Waals surface area contributed by atoms with Gasteiger partial charge in [0.2, 0.25) is 11.8 Å². The summed E-state index contributed by atoms with van der Waals surface area (Å²) in [5, 5.41) is 5.79. The second kappa shape index (κ2) is 6.67. The number of amides is 3. The Balaban J connectivity index is 1.25. The van der Waals surface area contributed by atoms with Crippen LogP contribution >= 0.6 is 0 Å². The first-order valence-corrected chi connectivity index (χ1v) is 10.2. The summed E-state index contributed by atoms with van der Waals surface area (Å²) >= 11 is 0. The monoisotopic (exact) mass is 382 g/mol. The van der Waals surface area contributed by atoms with E-state index in [-0.39, 0.29) is 24.1 Å². The van der Waals surface area contributed by atoms with Gasteiger partial charge < -0.3 is 10.2 Å². The number of rotatable bonds is 3. The van der Waals surface area contributed by atoms with Gasteiger partial charge in [-0.2, -0.15) is 0 Å². The predicted molar refractivity (Wildman–Crippen MR) is 102 cm³/mol. The van der Waals surface area contributed by atoms with E-state index in [0.717, 1.165) is 38.3 Å². The molecule has 1 spiro atoms. The highest BCUT2D eigenvalue weighted by Crippen LogP contribution is 2.39. The van der Waals surface area contributed by atoms with Gasteiger partial charge in [-0.1, -0.05) is 12.1 Å². The van der Waals surface area contributed by atoms with Crippen molar-refractivity contribution >= 4 is 17.7 Å². The molecule has 0 aromatic heterocycles. The number of fused-ring (bicyclic) bond motifs is 1. The lowest BCUT2D eigenvalue weighted by molar-refractivity contribution is -0.136. The van der Waals surface area contributed by atoms with Crippen molar-refractivity contribution in [2.24, 2.45) is 5.41 Å². The molecule has 1 aromatic carbocycles. The van der Waals surface area contributed by atoms with Gasteiger partial charge in [-0.3, -0.25) is 24.6 Å². The van der Waals surface area contributed by atoms with Crippen LogP contribution in [0.5, 0.6) is 0 Å². The van der Waals surface area contributed by atoms with E-state index in [9.17, 15) is 14.4 Å². The third kappa shape index (κ3) is 3.02. The van der Waals surface area contributed by atoms with Gasteiger partial charge in [0.15, 0.2) is 0 Å². The first-order valence-electron chi connectivity index (χ1n) is 10.2. The molecule has 4 aliphatic rings. The summed E-state index contributed by atoms with van der Waals surface area (Å²) in [6.07, 6.45) is 3.22. The maximum absolute atomic E-state index is 12.8. The summed E-state index contributed by atoms with van der Waals surface area (Å²) in [5.74, 6) is -0.715. The molecule has 3 fully saturated rings. The van der Waals surface area contributed by atoms with Crippen LogP contribution < -0.4 is 10.6 Å². The Bertz CT molecular complexity index is 838. The number of imide groups is 1. The molecule has 1 atom stereocenters. The first kappa shape index (κ1) is 17.8. The Morgan fingerprint density at radius 2 is 1.89 bits per heavy atom. The van der Waals surface area contributed by atoms with E-state index in [1.165, 1.54) is 18.4 Å². The zero-order valence-electron chi connectivity index (χ0n) is 16.0. The Hall–Kier alpha value is -2.25. The lowest BCUT2D eigenvalue weighted by Gasteiger charge is -2.52. The molecular weight excluding hydrogens is 356 g/mol. The highest BCUT2D eigenvalue weighted by molar-refractivity contribution is 6.05. The Morgan fingerprint density at radius 1 is 1.11 bits per heavy atom. The van der Waals surface area contributed by atoms with Crippen LogP contribution in [0.15, 0.2) is 18.2 Å². The van der Waals surface area contributed by atoms with Crippen LogP contribution in [-0.2, 0) is 22.7 Å². The summed E-state index contributed by atoms with van der Waals surface area (Å²) in [7, 11) is 0. The zero-order chi connectivity index (χ0) is 19.3. The summed E-state index contributed by atoms with van der Waals surface area (Å²) in [4.78, 5) is 40.4. The van der Waals surface area contributed by atoms with Gasteiger partial charge in [0.05, 0.1) is 0 Å². The third-order valence-corrected chi connectivity index (χ3v) is 6.78. The average Bonchev–Trinajstić information content (AvgIpc) is 2.97. The van der Waals surface area contributed by atoms with Crippen molar-refractivity contribution in [3.8, 4) is 0 Å². The number of nitrogens with one attached hydrogen (secondary N) is 2.